The minimum atomic E-state index is -4.90. The normalized spacial score (nSPS) is 19.4. The van der Waals surface area contributed by atoms with Gasteiger partial charge in [-0.3, -0.25) is 28.0 Å². The summed E-state index contributed by atoms with van der Waals surface area (Å²) in [6.07, 6.45) is 29.3. The van der Waals surface area contributed by atoms with Gasteiger partial charge >= 0.3 is 27.6 Å². The highest BCUT2D eigenvalue weighted by molar-refractivity contribution is 7.47. The maximum absolute atomic E-state index is 12.8. The van der Waals surface area contributed by atoms with Crippen molar-refractivity contribution in [2.45, 2.75) is 199 Å². The molecule has 1 unspecified atom stereocenters. The van der Waals surface area contributed by atoms with Crippen LogP contribution in [0.4, 0.5) is 0 Å². The summed E-state index contributed by atoms with van der Waals surface area (Å²) in [6, 6.07) is 0. The van der Waals surface area contributed by atoms with E-state index in [-0.39, 0.29) is 31.0 Å². The van der Waals surface area contributed by atoms with Crippen LogP contribution in [0.15, 0.2) is 36.5 Å². The average Bonchev–Trinajstić information content (AvgIpc) is 3.51. The maximum atomic E-state index is 12.8. The lowest BCUT2D eigenvalue weighted by molar-refractivity contribution is -0.161. The number of phosphoric ester groups is 2. The van der Waals surface area contributed by atoms with E-state index in [0.29, 0.717) is 32.1 Å². The summed E-state index contributed by atoms with van der Waals surface area (Å²) >= 11 is 0. The molecule has 0 aromatic carbocycles. The first kappa shape index (κ1) is 59.9. The lowest BCUT2D eigenvalue weighted by Gasteiger charge is -2.20. The maximum Gasteiger partial charge on any atom is 0.472 e. The summed E-state index contributed by atoms with van der Waals surface area (Å²) in [5, 5.41) is 30.5. The number of unbranched alkanes of at least 4 members (excludes halogenated alkanes) is 16. The van der Waals surface area contributed by atoms with Gasteiger partial charge in [0, 0.05) is 31.1 Å². The van der Waals surface area contributed by atoms with Crippen molar-refractivity contribution in [3.05, 3.63) is 36.5 Å². The van der Waals surface area contributed by atoms with Gasteiger partial charge in [-0.15, -0.1) is 0 Å². The fourth-order valence-corrected chi connectivity index (χ4v) is 8.30. The summed E-state index contributed by atoms with van der Waals surface area (Å²) in [7, 11) is -9.79. The Morgan fingerprint density at radius 2 is 1.20 bits per heavy atom. The van der Waals surface area contributed by atoms with Crippen molar-refractivity contribution < 1.29 is 76.6 Å². The predicted octanol–water partition coefficient (Wildman–Crippen LogP) is 9.04. The zero-order chi connectivity index (χ0) is 47.5. The third-order valence-corrected chi connectivity index (χ3v) is 12.3. The Morgan fingerprint density at radius 3 is 1.84 bits per heavy atom. The molecule has 64 heavy (non-hydrogen) atoms. The number of carbonyl (C=O) groups excluding carboxylic acids is 3. The quantitative estimate of drug-likeness (QED) is 0.0145. The van der Waals surface area contributed by atoms with Gasteiger partial charge in [0.2, 0.25) is 0 Å². The molecule has 0 amide bonds. The first-order chi connectivity index (χ1) is 30.6. The minimum Gasteiger partial charge on any atom is -0.462 e. The molecule has 372 valence electrons. The number of carbonyl (C=O) groups is 3. The molecule has 0 radical (unpaired) electrons. The van der Waals surface area contributed by atoms with Crippen LogP contribution >= 0.6 is 15.6 Å². The Labute approximate surface area is 382 Å². The minimum absolute atomic E-state index is 0.0532. The second-order valence-electron chi connectivity index (χ2n) is 16.8. The second kappa shape index (κ2) is 37.0. The standard InChI is InChI=1S/C46H82O16P2/c1-3-5-7-8-9-10-11-12-13-14-15-16-17-18-19-20-25-29-45(51)58-36-40(37-61-64(56,57)60-35-39(48)34-59-63(53,54)55)62-46(52)30-26-22-21-24-28-41-42(44(50)33-43(41)49)32-31-38(47)27-23-6-4-2/h12-13,21,24,31-32,38-43,47-49H,3-11,14-20,22-23,25-30,33-37H2,1-2H3,(H,56,57)(H2,53,54,55)/b13-12-,24-21-,32-31+/t38-,39-,40+,41+,42+,43-/m0/s1. The van der Waals surface area contributed by atoms with Gasteiger partial charge < -0.3 is 39.5 Å². The van der Waals surface area contributed by atoms with Gasteiger partial charge in [0.25, 0.3) is 0 Å². The summed E-state index contributed by atoms with van der Waals surface area (Å²) in [5.41, 5.74) is 0. The number of phosphoric acid groups is 2. The molecule has 1 aliphatic carbocycles. The number of aliphatic hydroxyl groups excluding tert-OH is 3. The first-order valence-electron chi connectivity index (χ1n) is 23.8. The summed E-state index contributed by atoms with van der Waals surface area (Å²) in [4.78, 5) is 65.5. The van der Waals surface area contributed by atoms with Crippen LogP contribution in [-0.2, 0) is 46.6 Å². The Balaban J connectivity index is 2.54. The third-order valence-electron chi connectivity index (χ3n) is 10.9. The van der Waals surface area contributed by atoms with Crippen LogP contribution in [-0.4, -0.2) is 98.6 Å². The molecular formula is C46H82O16P2. The van der Waals surface area contributed by atoms with E-state index in [1.165, 1.54) is 51.4 Å². The van der Waals surface area contributed by atoms with E-state index >= 15 is 0 Å². The number of aliphatic hydroxyl groups is 3. The van der Waals surface area contributed by atoms with Crippen LogP contribution in [0.1, 0.15) is 174 Å². The van der Waals surface area contributed by atoms with Gasteiger partial charge in [0.1, 0.15) is 18.5 Å². The Kier molecular flexibility index (Phi) is 34.6. The van der Waals surface area contributed by atoms with Crippen LogP contribution in [0, 0.1) is 11.8 Å². The smallest absolute Gasteiger partial charge is 0.462 e. The lowest BCUT2D eigenvalue weighted by Crippen LogP contribution is -2.29. The molecule has 1 rings (SSSR count). The fraction of sp³-hybridized carbons (Fsp3) is 0.804. The fourth-order valence-electron chi connectivity index (χ4n) is 7.15. The SMILES string of the molecule is CCCCCCCC/C=C\CCCCCCCCCC(=O)OC[C@H](COP(=O)(O)OC[C@@H](O)COP(=O)(O)O)OC(=O)CCC/C=C\C[C@H]1[C@@H](O)CC(=O)[C@@H]1/C=C/[C@@H](O)CCCCC. The van der Waals surface area contributed by atoms with Crippen molar-refractivity contribution in [3.8, 4) is 0 Å². The van der Waals surface area contributed by atoms with Crippen molar-refractivity contribution in [3.63, 3.8) is 0 Å². The Bertz CT molecular complexity index is 1430. The number of hydrogen-bond acceptors (Lipinski definition) is 13. The summed E-state index contributed by atoms with van der Waals surface area (Å²) < 4.78 is 47.8. The highest BCUT2D eigenvalue weighted by Crippen LogP contribution is 2.44. The molecule has 0 aliphatic heterocycles. The lowest BCUT2D eigenvalue weighted by atomic mass is 9.90. The molecule has 16 nitrogen and oxygen atoms in total. The van der Waals surface area contributed by atoms with E-state index in [2.05, 4.69) is 35.0 Å². The Morgan fingerprint density at radius 1 is 0.672 bits per heavy atom. The molecule has 1 saturated carbocycles. The van der Waals surface area contributed by atoms with Crippen LogP contribution in [0.2, 0.25) is 0 Å². The van der Waals surface area contributed by atoms with Crippen LogP contribution in [0.3, 0.4) is 0 Å². The molecular weight excluding hydrogens is 870 g/mol. The van der Waals surface area contributed by atoms with Gasteiger partial charge in [-0.25, -0.2) is 9.13 Å². The molecule has 0 spiro atoms. The molecule has 0 bridgehead atoms. The van der Waals surface area contributed by atoms with E-state index in [1.807, 2.05) is 12.2 Å². The van der Waals surface area contributed by atoms with Crippen LogP contribution in [0.25, 0.3) is 0 Å². The number of hydrogen-bond donors (Lipinski definition) is 6. The van der Waals surface area contributed by atoms with E-state index in [0.717, 1.165) is 57.8 Å². The molecule has 1 aliphatic rings. The van der Waals surface area contributed by atoms with Gasteiger partial charge in [-0.1, -0.05) is 134 Å². The number of esters is 2. The highest BCUT2D eigenvalue weighted by Gasteiger charge is 2.39. The first-order valence-corrected chi connectivity index (χ1v) is 26.8. The number of ketones is 1. The number of rotatable bonds is 41. The van der Waals surface area contributed by atoms with Crippen molar-refractivity contribution >= 4 is 33.4 Å². The molecule has 6 N–H and O–H groups in total. The summed E-state index contributed by atoms with van der Waals surface area (Å²) in [5.74, 6) is -2.12. The molecule has 0 aromatic heterocycles. The van der Waals surface area contributed by atoms with Crippen molar-refractivity contribution in [2.24, 2.45) is 11.8 Å². The van der Waals surface area contributed by atoms with Gasteiger partial charge in [-0.05, 0) is 57.8 Å². The van der Waals surface area contributed by atoms with Crippen LogP contribution < -0.4 is 0 Å². The zero-order valence-corrected chi connectivity index (χ0v) is 40.4. The van der Waals surface area contributed by atoms with Crippen molar-refractivity contribution in [1.82, 2.24) is 0 Å². The summed E-state index contributed by atoms with van der Waals surface area (Å²) in [6.45, 7) is 1.35. The van der Waals surface area contributed by atoms with Gasteiger partial charge in [-0.2, -0.15) is 0 Å². The van der Waals surface area contributed by atoms with Crippen molar-refractivity contribution in [1.29, 1.82) is 0 Å². The molecule has 1 fully saturated rings. The van der Waals surface area contributed by atoms with E-state index in [1.54, 1.807) is 12.2 Å². The molecule has 0 saturated heterocycles. The van der Waals surface area contributed by atoms with Crippen LogP contribution in [0.5, 0.6) is 0 Å². The number of ether oxygens (including phenoxy) is 2. The number of Topliss-reactive ketones (excluding diaryl/α,β-unsaturated/α-hetero) is 1. The topological polar surface area (TPSA) is 253 Å². The monoisotopic (exact) mass is 953 g/mol. The van der Waals surface area contributed by atoms with E-state index < -0.39 is 84.3 Å². The second-order valence-corrected chi connectivity index (χ2v) is 19.5. The molecule has 0 aromatic rings. The van der Waals surface area contributed by atoms with Gasteiger partial charge in [0.05, 0.1) is 32.0 Å². The number of allylic oxidation sites excluding steroid dienone is 5. The molecule has 0 heterocycles. The van der Waals surface area contributed by atoms with Gasteiger partial charge in [0.15, 0.2) is 6.10 Å². The molecule has 7 atom stereocenters. The van der Waals surface area contributed by atoms with Crippen molar-refractivity contribution in [2.75, 3.05) is 26.4 Å². The largest absolute Gasteiger partial charge is 0.472 e. The molecule has 18 heteroatoms. The van der Waals surface area contributed by atoms with E-state index in [9.17, 15) is 43.7 Å². The average molecular weight is 953 g/mol. The zero-order valence-electron chi connectivity index (χ0n) is 38.6. The van der Waals surface area contributed by atoms with E-state index in [4.69, 9.17) is 23.8 Å². The Hall–Kier alpha value is -2.07. The third kappa shape index (κ3) is 33.4. The predicted molar refractivity (Wildman–Crippen MR) is 245 cm³/mol. The highest BCUT2D eigenvalue weighted by atomic mass is 31.2.